The van der Waals surface area contributed by atoms with Crippen molar-refractivity contribution < 1.29 is 41.0 Å². The van der Waals surface area contributed by atoms with Gasteiger partial charge in [-0.3, -0.25) is 14.6 Å². The third-order valence-electron chi connectivity index (χ3n) is 7.09. The van der Waals surface area contributed by atoms with E-state index in [0.717, 1.165) is 21.8 Å². The maximum absolute atomic E-state index is 13.7. The van der Waals surface area contributed by atoms with Crippen molar-refractivity contribution in [2.75, 3.05) is 25.4 Å². The Morgan fingerprint density at radius 1 is 1.13 bits per heavy atom. The van der Waals surface area contributed by atoms with Gasteiger partial charge in [-0.25, -0.2) is 9.50 Å². The van der Waals surface area contributed by atoms with Crippen LogP contribution in [0, 0.1) is 0 Å². The monoisotopic (exact) mass is 557 g/mol. The van der Waals surface area contributed by atoms with Gasteiger partial charge in [-0.1, -0.05) is 0 Å². The molecule has 0 saturated carbocycles. The number of alkyl halides is 6. The van der Waals surface area contributed by atoms with E-state index in [1.54, 1.807) is 0 Å². The highest BCUT2D eigenvalue weighted by molar-refractivity contribution is 5.98. The number of anilines is 1. The highest BCUT2D eigenvalue weighted by Gasteiger charge is 2.58. The topological polar surface area (TPSA) is 130 Å². The molecular weight excluding hydrogens is 536 g/mol. The summed E-state index contributed by atoms with van der Waals surface area (Å²) in [6.07, 6.45) is -7.16. The number of fused-ring (bicyclic) bond motifs is 2. The second-order valence-electron chi connectivity index (χ2n) is 9.58. The van der Waals surface area contributed by atoms with Crippen LogP contribution in [0.15, 0.2) is 24.7 Å². The minimum Gasteiger partial charge on any atom is -0.382 e. The summed E-state index contributed by atoms with van der Waals surface area (Å²) >= 11 is 0. The van der Waals surface area contributed by atoms with Gasteiger partial charge in [0.15, 0.2) is 5.82 Å². The first-order valence-corrected chi connectivity index (χ1v) is 11.7. The molecule has 5 heterocycles. The summed E-state index contributed by atoms with van der Waals surface area (Å²) in [5.41, 5.74) is 1.24. The number of halogens is 6. The number of rotatable bonds is 3. The van der Waals surface area contributed by atoms with Crippen molar-refractivity contribution in [2.24, 2.45) is 0 Å². The molecule has 3 aromatic heterocycles. The molecule has 2 atom stereocenters. The number of nitrogens with zero attached hydrogens (tertiary/aromatic N) is 6. The van der Waals surface area contributed by atoms with Crippen LogP contribution in [0.25, 0.3) is 16.8 Å². The summed E-state index contributed by atoms with van der Waals surface area (Å²) in [6.45, 7) is 0.249. The van der Waals surface area contributed by atoms with Crippen LogP contribution in [0.5, 0.6) is 0 Å². The minimum absolute atomic E-state index is 0.0290. The van der Waals surface area contributed by atoms with E-state index in [0.29, 0.717) is 12.6 Å². The average Bonchev–Trinajstić information content (AvgIpc) is 3.49. The normalized spacial score (nSPS) is 19.9. The molecule has 208 valence electrons. The first-order chi connectivity index (χ1) is 18.1. The van der Waals surface area contributed by atoms with E-state index in [9.17, 15) is 41.0 Å². The van der Waals surface area contributed by atoms with Crippen LogP contribution in [0.3, 0.4) is 0 Å². The van der Waals surface area contributed by atoms with E-state index in [4.69, 9.17) is 5.73 Å². The molecule has 1 fully saturated rings. The fourth-order valence-corrected chi connectivity index (χ4v) is 4.95. The number of hydrogen-bond acceptors (Lipinski definition) is 7. The molecule has 1 saturated heterocycles. The number of likely N-dealkylation sites (tertiary alicyclic amines) is 1. The Labute approximate surface area is 216 Å². The van der Waals surface area contributed by atoms with E-state index < -0.39 is 46.9 Å². The average molecular weight is 557 g/mol. The molecule has 0 bridgehead atoms. The number of nitrogen functional groups attached to an aromatic ring is 1. The van der Waals surface area contributed by atoms with Gasteiger partial charge in [-0.2, -0.15) is 31.4 Å². The lowest BCUT2D eigenvalue weighted by Gasteiger charge is -2.34. The van der Waals surface area contributed by atoms with E-state index in [2.05, 4.69) is 15.1 Å². The second kappa shape index (κ2) is 8.79. The Kier molecular flexibility index (Phi) is 6.01. The summed E-state index contributed by atoms with van der Waals surface area (Å²) in [5.74, 6) is -2.42. The van der Waals surface area contributed by atoms with E-state index >= 15 is 0 Å². The molecule has 5 rings (SSSR count). The number of aromatic nitrogens is 4. The second-order valence-corrected chi connectivity index (χ2v) is 9.58. The highest BCUT2D eigenvalue weighted by atomic mass is 19.4. The molecule has 16 heteroatoms. The molecule has 0 spiro atoms. The minimum atomic E-state index is -5.17. The first-order valence-electron chi connectivity index (χ1n) is 11.7. The molecule has 2 aliphatic heterocycles. The Bertz CT molecular complexity index is 1480. The number of pyridine rings is 1. The van der Waals surface area contributed by atoms with Gasteiger partial charge >= 0.3 is 12.4 Å². The van der Waals surface area contributed by atoms with E-state index in [-0.39, 0.29) is 55.1 Å². The fraction of sp³-hybridized carbons (Fsp3) is 0.435. The van der Waals surface area contributed by atoms with Crippen molar-refractivity contribution >= 4 is 23.1 Å². The number of carbonyl (C=O) groups is 2. The molecule has 0 radical (unpaired) electrons. The Morgan fingerprint density at radius 3 is 2.51 bits per heavy atom. The number of amides is 2. The van der Waals surface area contributed by atoms with Crippen LogP contribution in [0.1, 0.15) is 35.0 Å². The quantitative estimate of drug-likeness (QED) is 0.473. The Balaban J connectivity index is 1.44. The fourth-order valence-electron chi connectivity index (χ4n) is 4.95. The maximum atomic E-state index is 13.7. The van der Waals surface area contributed by atoms with Crippen LogP contribution in [-0.2, 0) is 17.4 Å². The maximum Gasteiger partial charge on any atom is 0.426 e. The lowest BCUT2D eigenvalue weighted by molar-refractivity contribution is -0.249. The zero-order valence-corrected chi connectivity index (χ0v) is 20.2. The van der Waals surface area contributed by atoms with Crippen molar-refractivity contribution in [2.45, 2.75) is 43.8 Å². The molecule has 3 N–H and O–H groups in total. The van der Waals surface area contributed by atoms with Crippen molar-refractivity contribution in [3.8, 4) is 11.3 Å². The van der Waals surface area contributed by atoms with Crippen LogP contribution in [0.2, 0.25) is 0 Å². The lowest BCUT2D eigenvalue weighted by Crippen LogP contribution is -2.56. The van der Waals surface area contributed by atoms with Crippen molar-refractivity contribution in [3.63, 3.8) is 0 Å². The van der Waals surface area contributed by atoms with Crippen molar-refractivity contribution in [1.82, 2.24) is 29.4 Å². The molecule has 0 aromatic carbocycles. The van der Waals surface area contributed by atoms with Gasteiger partial charge in [0.1, 0.15) is 11.8 Å². The molecule has 0 unspecified atom stereocenters. The standard InChI is InChI=1S/C23H21F6N7O3/c1-21(39,23(27,28)29)20(38)34-4-2-12(9-34)35-5-3-15-13(19(35)37)6-11(8-31-15)16-7-14(22(24,25)26)17-18(30)32-10-33-36(16)17/h6-8,10,12,39H,2-5,9H2,1H3,(H2,30,32,33)/t12-,21+/m0/s1. The molecule has 2 amide bonds. The zero-order chi connectivity index (χ0) is 28.5. The van der Waals surface area contributed by atoms with Gasteiger partial charge in [0.05, 0.1) is 28.6 Å². The van der Waals surface area contributed by atoms with Crippen LogP contribution in [0.4, 0.5) is 32.2 Å². The molecule has 39 heavy (non-hydrogen) atoms. The smallest absolute Gasteiger partial charge is 0.382 e. The van der Waals surface area contributed by atoms with Crippen LogP contribution >= 0.6 is 0 Å². The third kappa shape index (κ3) is 4.31. The summed E-state index contributed by atoms with van der Waals surface area (Å²) < 4.78 is 81.5. The van der Waals surface area contributed by atoms with E-state index in [1.165, 1.54) is 17.2 Å². The predicted octanol–water partition coefficient (Wildman–Crippen LogP) is 2.30. The van der Waals surface area contributed by atoms with Crippen LogP contribution < -0.4 is 5.73 Å². The molecular formula is C23H21F6N7O3. The molecule has 0 aliphatic carbocycles. The van der Waals surface area contributed by atoms with Gasteiger partial charge in [0, 0.05) is 37.8 Å². The van der Waals surface area contributed by atoms with Gasteiger partial charge in [-0.05, 0) is 25.5 Å². The third-order valence-corrected chi connectivity index (χ3v) is 7.09. The number of aliphatic hydroxyl groups is 1. The molecule has 2 aliphatic rings. The molecule has 10 nitrogen and oxygen atoms in total. The van der Waals surface area contributed by atoms with Crippen molar-refractivity contribution in [3.05, 3.63) is 41.5 Å². The van der Waals surface area contributed by atoms with Gasteiger partial charge < -0.3 is 20.6 Å². The van der Waals surface area contributed by atoms with Gasteiger partial charge in [0.25, 0.3) is 11.8 Å². The number of nitrogens with two attached hydrogens (primary N) is 1. The Morgan fingerprint density at radius 2 is 1.85 bits per heavy atom. The summed E-state index contributed by atoms with van der Waals surface area (Å²) in [6, 6.07) is 1.59. The predicted molar refractivity (Wildman–Crippen MR) is 122 cm³/mol. The van der Waals surface area contributed by atoms with Crippen LogP contribution in [-0.4, -0.2) is 83.8 Å². The highest BCUT2D eigenvalue weighted by Crippen LogP contribution is 2.39. The Hall–Kier alpha value is -3.95. The van der Waals surface area contributed by atoms with Gasteiger partial charge in [0.2, 0.25) is 5.60 Å². The van der Waals surface area contributed by atoms with Crippen molar-refractivity contribution in [1.29, 1.82) is 0 Å². The summed E-state index contributed by atoms with van der Waals surface area (Å²) in [7, 11) is 0. The summed E-state index contributed by atoms with van der Waals surface area (Å²) in [5, 5.41) is 13.6. The number of carbonyl (C=O) groups excluding carboxylic acids is 2. The lowest BCUT2D eigenvalue weighted by atomic mass is 10.00. The number of hydrogen-bond donors (Lipinski definition) is 2. The largest absolute Gasteiger partial charge is 0.426 e. The van der Waals surface area contributed by atoms with Gasteiger partial charge in [-0.15, -0.1) is 0 Å². The molecule has 3 aromatic rings. The van der Waals surface area contributed by atoms with E-state index in [1.807, 2.05) is 0 Å². The SMILES string of the molecule is C[C@@](O)(C(=O)N1CC[C@H](N2CCc3ncc(-c4cc(C(F)(F)F)c5c(N)ncnn45)cc3C2=O)C1)C(F)(F)F. The zero-order valence-electron chi connectivity index (χ0n) is 20.2. The first kappa shape index (κ1) is 26.6. The summed E-state index contributed by atoms with van der Waals surface area (Å²) in [4.78, 5) is 36.0.